The second-order valence-corrected chi connectivity index (χ2v) is 6.48. The summed E-state index contributed by atoms with van der Waals surface area (Å²) in [4.78, 5) is 22.2. The second-order valence-electron chi connectivity index (χ2n) is 6.48. The van der Waals surface area contributed by atoms with Gasteiger partial charge in [0.15, 0.2) is 0 Å². The monoisotopic (exact) mass is 343 g/mol. The summed E-state index contributed by atoms with van der Waals surface area (Å²) < 4.78 is 1.79. The number of pyridine rings is 1. The lowest BCUT2D eigenvalue weighted by atomic mass is 10.1. The number of aryl methyl sites for hydroxylation is 3. The van der Waals surface area contributed by atoms with Crippen LogP contribution in [0.1, 0.15) is 27.3 Å². The molecule has 2 aromatic carbocycles. The quantitative estimate of drug-likeness (QED) is 0.448. The van der Waals surface area contributed by atoms with Crippen molar-refractivity contribution >= 4 is 28.0 Å². The zero-order chi connectivity index (χ0) is 18.3. The molecule has 0 atom stereocenters. The van der Waals surface area contributed by atoms with Crippen LogP contribution in [0.25, 0.3) is 22.1 Å². The summed E-state index contributed by atoms with van der Waals surface area (Å²) in [7, 11) is 0. The molecule has 2 aromatic heterocycles. The summed E-state index contributed by atoms with van der Waals surface area (Å²) in [6.07, 6.45) is 0. The molecule has 1 N–H and O–H groups in total. The Kier molecular flexibility index (Phi) is 3.84. The molecule has 0 saturated heterocycles. The third kappa shape index (κ3) is 2.77. The first kappa shape index (κ1) is 16.1. The third-order valence-electron chi connectivity index (χ3n) is 4.41. The van der Waals surface area contributed by atoms with Crippen LogP contribution in [-0.4, -0.2) is 15.9 Å². The van der Waals surface area contributed by atoms with E-state index in [9.17, 15) is 4.79 Å². The Morgan fingerprint density at radius 1 is 0.846 bits per heavy atom. The molecule has 0 spiro atoms. The fourth-order valence-electron chi connectivity index (χ4n) is 3.27. The van der Waals surface area contributed by atoms with Crippen LogP contribution >= 0.6 is 0 Å². The fourth-order valence-corrected chi connectivity index (χ4v) is 3.27. The number of rotatable bonds is 2. The van der Waals surface area contributed by atoms with E-state index in [0.717, 1.165) is 28.0 Å². The van der Waals surface area contributed by atoms with Crippen molar-refractivity contribution in [1.29, 1.82) is 0 Å². The minimum atomic E-state index is -0.208. The second kappa shape index (κ2) is 6.19. The fraction of sp³-hybridized carbons (Fsp3) is 0.143. The normalized spacial score (nSPS) is 11.0. The molecule has 0 radical (unpaired) electrons. The lowest BCUT2D eigenvalue weighted by Crippen LogP contribution is -2.53. The van der Waals surface area contributed by atoms with E-state index in [-0.39, 0.29) is 5.91 Å². The molecule has 0 fully saturated rings. The molecule has 0 aliphatic rings. The van der Waals surface area contributed by atoms with Crippen molar-refractivity contribution in [2.75, 3.05) is 5.43 Å². The molecule has 5 nitrogen and oxygen atoms in total. The van der Waals surface area contributed by atoms with Crippen molar-refractivity contribution in [3.8, 4) is 0 Å². The number of benzene rings is 2. The number of para-hydroxylation sites is 3. The Hall–Kier alpha value is -3.34. The number of fused-ring (bicyclic) bond motifs is 2. The first-order valence-corrected chi connectivity index (χ1v) is 8.50. The highest BCUT2D eigenvalue weighted by atomic mass is 16.2. The minimum Gasteiger partial charge on any atom is -0.263 e. The number of hydrogen-bond acceptors (Lipinski definition) is 3. The van der Waals surface area contributed by atoms with Gasteiger partial charge in [-0.2, -0.15) is 0 Å². The Labute approximate surface area is 151 Å². The van der Waals surface area contributed by atoms with Crippen LogP contribution < -0.4 is 10.1 Å². The molecular formula is C21H19N4O+. The van der Waals surface area contributed by atoms with Crippen LogP contribution in [0.15, 0.2) is 54.6 Å². The van der Waals surface area contributed by atoms with Crippen LogP contribution in [0.3, 0.4) is 0 Å². The molecule has 5 heteroatoms. The van der Waals surface area contributed by atoms with E-state index in [0.29, 0.717) is 16.6 Å². The number of nitrogens with one attached hydrogen (secondary N) is 1. The number of aromatic nitrogens is 3. The molecule has 26 heavy (non-hydrogen) atoms. The highest BCUT2D eigenvalue weighted by Crippen LogP contribution is 2.19. The van der Waals surface area contributed by atoms with Crippen molar-refractivity contribution in [3.63, 3.8) is 0 Å². The van der Waals surface area contributed by atoms with Gasteiger partial charge < -0.3 is 0 Å². The van der Waals surface area contributed by atoms with Crippen LogP contribution in [0.2, 0.25) is 0 Å². The predicted molar refractivity (Wildman–Crippen MR) is 102 cm³/mol. The lowest BCUT2D eigenvalue weighted by molar-refractivity contribution is -0.654. The van der Waals surface area contributed by atoms with Gasteiger partial charge in [-0.15, -0.1) is 5.43 Å². The smallest absolute Gasteiger partial charge is 0.263 e. The topological polar surface area (TPSA) is 58.8 Å². The molecule has 0 bridgehead atoms. The van der Waals surface area contributed by atoms with E-state index in [2.05, 4.69) is 15.4 Å². The van der Waals surface area contributed by atoms with Crippen molar-refractivity contribution in [3.05, 3.63) is 77.1 Å². The van der Waals surface area contributed by atoms with Gasteiger partial charge in [-0.05, 0) is 36.8 Å². The number of hydrogen-bond donors (Lipinski definition) is 1. The Morgan fingerprint density at radius 2 is 1.46 bits per heavy atom. The number of carbonyl (C=O) groups excluding carboxylic acids is 1. The molecule has 4 rings (SSSR count). The lowest BCUT2D eigenvalue weighted by Gasteiger charge is -2.08. The van der Waals surface area contributed by atoms with Gasteiger partial charge in [0.05, 0.1) is 22.1 Å². The van der Waals surface area contributed by atoms with Gasteiger partial charge in [0.25, 0.3) is 0 Å². The first-order chi connectivity index (χ1) is 12.5. The van der Waals surface area contributed by atoms with Gasteiger partial charge in [0, 0.05) is 26.0 Å². The summed E-state index contributed by atoms with van der Waals surface area (Å²) in [6, 6.07) is 17.2. The van der Waals surface area contributed by atoms with Crippen molar-refractivity contribution in [2.45, 2.75) is 20.8 Å². The summed E-state index contributed by atoms with van der Waals surface area (Å²) in [5.41, 5.74) is 9.47. The third-order valence-corrected chi connectivity index (χ3v) is 4.41. The van der Waals surface area contributed by atoms with E-state index >= 15 is 0 Å². The molecule has 1 amide bonds. The van der Waals surface area contributed by atoms with Gasteiger partial charge in [-0.3, -0.25) is 4.79 Å². The average molecular weight is 343 g/mol. The van der Waals surface area contributed by atoms with Crippen LogP contribution in [0.5, 0.6) is 0 Å². The van der Waals surface area contributed by atoms with Crippen LogP contribution in [-0.2, 0) is 0 Å². The molecule has 0 aliphatic carbocycles. The van der Waals surface area contributed by atoms with E-state index < -0.39 is 0 Å². The molecule has 0 aliphatic heterocycles. The van der Waals surface area contributed by atoms with Crippen molar-refractivity contribution < 1.29 is 9.47 Å². The van der Waals surface area contributed by atoms with Crippen molar-refractivity contribution in [2.24, 2.45) is 0 Å². The molecule has 128 valence electrons. The van der Waals surface area contributed by atoms with Crippen LogP contribution in [0, 0.1) is 20.8 Å². The highest BCUT2D eigenvalue weighted by Gasteiger charge is 2.19. The van der Waals surface area contributed by atoms with Gasteiger partial charge in [0.2, 0.25) is 11.4 Å². The number of amides is 1. The Bertz CT molecular complexity index is 1140. The predicted octanol–water partition coefficient (Wildman–Crippen LogP) is 3.38. The summed E-state index contributed by atoms with van der Waals surface area (Å²) >= 11 is 0. The minimum absolute atomic E-state index is 0.208. The first-order valence-electron chi connectivity index (χ1n) is 8.50. The molecule has 2 heterocycles. The molecule has 4 aromatic rings. The van der Waals surface area contributed by atoms with E-state index in [1.807, 2.05) is 69.3 Å². The average Bonchev–Trinajstić information content (AvgIpc) is 2.62. The number of nitrogens with zero attached hydrogens (tertiary/aromatic N) is 3. The van der Waals surface area contributed by atoms with Crippen molar-refractivity contribution in [1.82, 2.24) is 9.97 Å². The van der Waals surface area contributed by atoms with Gasteiger partial charge in [-0.25, -0.2) is 9.97 Å². The van der Waals surface area contributed by atoms with E-state index in [1.165, 1.54) is 0 Å². The summed E-state index contributed by atoms with van der Waals surface area (Å²) in [5, 5.41) is 0. The summed E-state index contributed by atoms with van der Waals surface area (Å²) in [5.74, 6) is -0.208. The Morgan fingerprint density at radius 3 is 2.15 bits per heavy atom. The number of carbonyl (C=O) groups is 1. The molecular weight excluding hydrogens is 324 g/mol. The van der Waals surface area contributed by atoms with Gasteiger partial charge in [0.1, 0.15) is 5.52 Å². The molecule has 0 unspecified atom stereocenters. The van der Waals surface area contributed by atoms with Gasteiger partial charge in [-0.1, -0.05) is 22.9 Å². The summed E-state index contributed by atoms with van der Waals surface area (Å²) in [6.45, 7) is 5.98. The molecule has 0 saturated carbocycles. The maximum Gasteiger partial charge on any atom is 0.307 e. The Balaban J connectivity index is 1.81. The SMILES string of the molecule is Cc1cc(C)[n+](NC(=O)c2cccc3nc4ccccc4nc23)c(C)c1. The maximum atomic E-state index is 13.0. The zero-order valence-corrected chi connectivity index (χ0v) is 14.9. The van der Waals surface area contributed by atoms with E-state index in [1.54, 1.807) is 10.7 Å². The van der Waals surface area contributed by atoms with E-state index in [4.69, 9.17) is 0 Å². The maximum absolute atomic E-state index is 13.0. The van der Waals surface area contributed by atoms with Gasteiger partial charge >= 0.3 is 5.91 Å². The zero-order valence-electron chi connectivity index (χ0n) is 14.9. The highest BCUT2D eigenvalue weighted by molar-refractivity contribution is 6.08. The largest absolute Gasteiger partial charge is 0.307 e. The van der Waals surface area contributed by atoms with Crippen LogP contribution in [0.4, 0.5) is 0 Å². The standard InChI is InChI=1S/C21H18N4O/c1-13-11-14(2)25(15(3)12-13)24-21(26)16-7-6-10-19-20(16)23-18-9-5-4-8-17(18)22-19/h4-12H,1-3H3/p+1.